The Kier molecular flexibility index (Phi) is 5.62. The van der Waals surface area contributed by atoms with Gasteiger partial charge >= 0.3 is 6.09 Å². The maximum absolute atomic E-state index is 11.8. The van der Waals surface area contributed by atoms with Gasteiger partial charge in [-0.3, -0.25) is 5.32 Å². The van der Waals surface area contributed by atoms with Crippen molar-refractivity contribution in [1.29, 1.82) is 0 Å². The highest BCUT2D eigenvalue weighted by Gasteiger charge is 2.09. The van der Waals surface area contributed by atoms with Crippen LogP contribution in [0, 0.1) is 0 Å². The molecule has 1 heterocycles. The van der Waals surface area contributed by atoms with Gasteiger partial charge in [0.2, 0.25) is 0 Å². The zero-order valence-corrected chi connectivity index (χ0v) is 12.4. The number of hydrogen-bond donors (Lipinski definition) is 1. The lowest BCUT2D eigenvalue weighted by Crippen LogP contribution is -2.13. The Labute approximate surface area is 123 Å². The molecule has 1 aromatic heterocycles. The van der Waals surface area contributed by atoms with Crippen molar-refractivity contribution in [3.63, 3.8) is 0 Å². The van der Waals surface area contributed by atoms with Crippen LogP contribution in [-0.2, 0) is 17.8 Å². The lowest BCUT2D eigenvalue weighted by atomic mass is 10.1. The van der Waals surface area contributed by atoms with Crippen molar-refractivity contribution in [2.24, 2.45) is 0 Å². The molecular formula is C16H19NO2S. The minimum Gasteiger partial charge on any atom is -0.444 e. The van der Waals surface area contributed by atoms with Gasteiger partial charge in [-0.25, -0.2) is 4.79 Å². The Balaban J connectivity index is 1.84. The van der Waals surface area contributed by atoms with Crippen LogP contribution in [0.2, 0.25) is 0 Å². The number of carbonyl (C=O) groups is 1. The Bertz CT molecular complexity index is 536. The average Bonchev–Trinajstić information content (AvgIpc) is 2.91. The van der Waals surface area contributed by atoms with E-state index in [2.05, 4.69) is 18.3 Å². The smallest absolute Gasteiger partial charge is 0.412 e. The Morgan fingerprint density at radius 1 is 1.25 bits per heavy atom. The molecule has 0 radical (unpaired) electrons. The van der Waals surface area contributed by atoms with Gasteiger partial charge in [-0.2, -0.15) is 0 Å². The summed E-state index contributed by atoms with van der Waals surface area (Å²) in [5.41, 5.74) is 2.17. The van der Waals surface area contributed by atoms with Crippen LogP contribution in [0.15, 0.2) is 41.8 Å². The standard InChI is InChI=1S/C16H19NO2S/c1-2-3-9-14-10-11-20-15(14)17-16(18)19-12-13-7-5-4-6-8-13/h4-8,10-11H,2-3,9,12H2,1H3,(H,17,18). The molecule has 0 unspecified atom stereocenters. The van der Waals surface area contributed by atoms with E-state index in [1.165, 1.54) is 16.9 Å². The van der Waals surface area contributed by atoms with Gasteiger partial charge in [-0.15, -0.1) is 11.3 Å². The lowest BCUT2D eigenvalue weighted by Gasteiger charge is -2.07. The van der Waals surface area contributed by atoms with Gasteiger partial charge in [-0.1, -0.05) is 43.7 Å². The summed E-state index contributed by atoms with van der Waals surface area (Å²) in [6.45, 7) is 2.45. The topological polar surface area (TPSA) is 38.3 Å². The molecule has 20 heavy (non-hydrogen) atoms. The SMILES string of the molecule is CCCCc1ccsc1NC(=O)OCc1ccccc1. The molecule has 106 valence electrons. The highest BCUT2D eigenvalue weighted by atomic mass is 32.1. The number of nitrogens with one attached hydrogen (secondary N) is 1. The van der Waals surface area contributed by atoms with E-state index in [1.54, 1.807) is 0 Å². The fourth-order valence-corrected chi connectivity index (χ4v) is 2.69. The molecular weight excluding hydrogens is 270 g/mol. The van der Waals surface area contributed by atoms with Crippen LogP contribution in [0.25, 0.3) is 0 Å². The van der Waals surface area contributed by atoms with Crippen molar-refractivity contribution < 1.29 is 9.53 Å². The van der Waals surface area contributed by atoms with E-state index >= 15 is 0 Å². The van der Waals surface area contributed by atoms with Gasteiger partial charge in [0.05, 0.1) is 0 Å². The Morgan fingerprint density at radius 3 is 2.80 bits per heavy atom. The fourth-order valence-electron chi connectivity index (χ4n) is 1.86. The highest BCUT2D eigenvalue weighted by Crippen LogP contribution is 2.25. The third-order valence-corrected chi connectivity index (χ3v) is 3.85. The minimum absolute atomic E-state index is 0.294. The molecule has 2 aromatic rings. The van der Waals surface area contributed by atoms with Crippen molar-refractivity contribution in [3.05, 3.63) is 52.9 Å². The van der Waals surface area contributed by atoms with Gasteiger partial charge in [-0.05, 0) is 35.4 Å². The number of anilines is 1. The van der Waals surface area contributed by atoms with Crippen molar-refractivity contribution in [1.82, 2.24) is 0 Å². The molecule has 4 heteroatoms. The van der Waals surface area contributed by atoms with Crippen LogP contribution in [0.1, 0.15) is 30.9 Å². The number of unbranched alkanes of at least 4 members (excludes halogenated alkanes) is 1. The summed E-state index contributed by atoms with van der Waals surface area (Å²) in [5, 5.41) is 5.72. The maximum Gasteiger partial charge on any atom is 0.412 e. The molecule has 0 aliphatic heterocycles. The summed E-state index contributed by atoms with van der Waals surface area (Å²) >= 11 is 1.54. The largest absolute Gasteiger partial charge is 0.444 e. The summed E-state index contributed by atoms with van der Waals surface area (Å²) in [5.74, 6) is 0. The third-order valence-electron chi connectivity index (χ3n) is 2.97. The van der Waals surface area contributed by atoms with Gasteiger partial charge < -0.3 is 4.74 Å². The Hall–Kier alpha value is -1.81. The molecule has 2 rings (SSSR count). The van der Waals surface area contributed by atoms with E-state index in [-0.39, 0.29) is 0 Å². The molecule has 0 fully saturated rings. The molecule has 0 atom stereocenters. The molecule has 0 saturated heterocycles. The number of rotatable bonds is 6. The van der Waals surface area contributed by atoms with E-state index in [0.29, 0.717) is 6.61 Å². The summed E-state index contributed by atoms with van der Waals surface area (Å²) in [7, 11) is 0. The maximum atomic E-state index is 11.8. The summed E-state index contributed by atoms with van der Waals surface area (Å²) in [6, 6.07) is 11.7. The first-order valence-electron chi connectivity index (χ1n) is 6.83. The average molecular weight is 289 g/mol. The van der Waals surface area contributed by atoms with Gasteiger partial charge in [0.15, 0.2) is 0 Å². The zero-order chi connectivity index (χ0) is 14.2. The summed E-state index contributed by atoms with van der Waals surface area (Å²) in [6.07, 6.45) is 2.88. The van der Waals surface area contributed by atoms with E-state index in [4.69, 9.17) is 4.74 Å². The molecule has 1 N–H and O–H groups in total. The van der Waals surface area contributed by atoms with E-state index in [9.17, 15) is 4.79 Å². The normalized spacial score (nSPS) is 10.2. The quantitative estimate of drug-likeness (QED) is 0.826. The van der Waals surface area contributed by atoms with Crippen molar-refractivity contribution >= 4 is 22.4 Å². The van der Waals surface area contributed by atoms with Gasteiger partial charge in [0.1, 0.15) is 11.6 Å². The van der Waals surface area contributed by atoms with Crippen molar-refractivity contribution in [2.45, 2.75) is 32.8 Å². The van der Waals surface area contributed by atoms with Gasteiger partial charge in [0, 0.05) is 0 Å². The van der Waals surface area contributed by atoms with Crippen LogP contribution in [0.3, 0.4) is 0 Å². The fraction of sp³-hybridized carbons (Fsp3) is 0.312. The number of aryl methyl sites for hydroxylation is 1. The first kappa shape index (κ1) is 14.6. The second-order valence-electron chi connectivity index (χ2n) is 4.57. The van der Waals surface area contributed by atoms with Crippen LogP contribution in [0.4, 0.5) is 9.80 Å². The number of carbonyl (C=O) groups excluding carboxylic acids is 1. The van der Waals surface area contributed by atoms with Crippen molar-refractivity contribution in [3.8, 4) is 0 Å². The number of amides is 1. The molecule has 0 aliphatic rings. The molecule has 0 spiro atoms. The van der Waals surface area contributed by atoms with Crippen LogP contribution in [0.5, 0.6) is 0 Å². The second kappa shape index (κ2) is 7.70. The molecule has 1 aromatic carbocycles. The highest BCUT2D eigenvalue weighted by molar-refractivity contribution is 7.14. The zero-order valence-electron chi connectivity index (χ0n) is 11.6. The monoisotopic (exact) mass is 289 g/mol. The van der Waals surface area contributed by atoms with E-state index < -0.39 is 6.09 Å². The second-order valence-corrected chi connectivity index (χ2v) is 5.48. The lowest BCUT2D eigenvalue weighted by molar-refractivity contribution is 0.155. The predicted molar refractivity (Wildman–Crippen MR) is 83.2 cm³/mol. The van der Waals surface area contributed by atoms with Crippen LogP contribution < -0.4 is 5.32 Å². The molecule has 0 saturated carbocycles. The molecule has 1 amide bonds. The molecule has 3 nitrogen and oxygen atoms in total. The van der Waals surface area contributed by atoms with E-state index in [1.807, 2.05) is 35.7 Å². The van der Waals surface area contributed by atoms with E-state index in [0.717, 1.165) is 29.8 Å². The molecule has 0 aliphatic carbocycles. The van der Waals surface area contributed by atoms with Crippen LogP contribution >= 0.6 is 11.3 Å². The van der Waals surface area contributed by atoms with Crippen molar-refractivity contribution in [2.75, 3.05) is 5.32 Å². The number of ether oxygens (including phenoxy) is 1. The predicted octanol–water partition coefficient (Wildman–Crippen LogP) is 4.84. The summed E-state index contributed by atoms with van der Waals surface area (Å²) in [4.78, 5) is 11.8. The number of thiophene rings is 1. The summed E-state index contributed by atoms with van der Waals surface area (Å²) < 4.78 is 5.22. The Morgan fingerprint density at radius 2 is 2.05 bits per heavy atom. The third kappa shape index (κ3) is 4.38. The molecule has 0 bridgehead atoms. The number of benzene rings is 1. The first-order chi connectivity index (χ1) is 9.79. The first-order valence-corrected chi connectivity index (χ1v) is 7.71. The van der Waals surface area contributed by atoms with Crippen LogP contribution in [-0.4, -0.2) is 6.09 Å². The minimum atomic E-state index is -0.394. The van der Waals surface area contributed by atoms with Gasteiger partial charge in [0.25, 0.3) is 0 Å². The number of hydrogen-bond acceptors (Lipinski definition) is 3.